The van der Waals surface area contributed by atoms with E-state index in [1.807, 2.05) is 50.2 Å². The number of aryl methyl sites for hydroxylation is 1. The van der Waals surface area contributed by atoms with Crippen molar-refractivity contribution in [2.75, 3.05) is 5.75 Å². The molecule has 0 bridgehead atoms. The Morgan fingerprint density at radius 2 is 1.61 bits per heavy atom. The van der Waals surface area contributed by atoms with E-state index >= 15 is 0 Å². The lowest BCUT2D eigenvalue weighted by Gasteiger charge is -2.38. The van der Waals surface area contributed by atoms with E-state index in [0.717, 1.165) is 44.2 Å². The number of halogens is 1. The van der Waals surface area contributed by atoms with Gasteiger partial charge in [-0.25, -0.2) is 8.42 Å². The van der Waals surface area contributed by atoms with Crippen molar-refractivity contribution in [3.8, 4) is 5.75 Å². The van der Waals surface area contributed by atoms with Gasteiger partial charge in [-0.15, -0.1) is 0 Å². The van der Waals surface area contributed by atoms with Crippen molar-refractivity contribution >= 4 is 43.8 Å². The van der Waals surface area contributed by atoms with Crippen LogP contribution in [0.5, 0.6) is 5.75 Å². The predicted octanol–water partition coefficient (Wildman–Crippen LogP) is 7.12. The van der Waals surface area contributed by atoms with E-state index in [9.17, 15) is 13.2 Å². The quantitative estimate of drug-likeness (QED) is 0.209. The summed E-state index contributed by atoms with van der Waals surface area (Å²) in [5.41, 5.74) is 5.68. The number of rotatable bonds is 5. The van der Waals surface area contributed by atoms with Crippen LogP contribution in [0, 0.1) is 6.92 Å². The largest absolute Gasteiger partial charge is 0.426 e. The van der Waals surface area contributed by atoms with Gasteiger partial charge in [-0.1, -0.05) is 71.3 Å². The first-order valence-electron chi connectivity index (χ1n) is 11.6. The Hall–Kier alpha value is -3.41. The highest BCUT2D eigenvalue weighted by Gasteiger charge is 2.39. The molecule has 5 rings (SSSR count). The van der Waals surface area contributed by atoms with E-state index in [1.165, 1.54) is 19.1 Å². The van der Waals surface area contributed by atoms with Crippen LogP contribution in [-0.2, 0) is 14.6 Å². The van der Waals surface area contributed by atoms with Crippen molar-refractivity contribution in [1.82, 2.24) is 0 Å². The van der Waals surface area contributed by atoms with Crippen molar-refractivity contribution in [1.29, 1.82) is 0 Å². The Bertz CT molecular complexity index is 1630. The zero-order valence-electron chi connectivity index (χ0n) is 20.2. The number of carbonyl (C=O) groups excluding carboxylic acids is 1. The second-order valence-electron chi connectivity index (χ2n) is 9.23. The molecule has 1 atom stereocenters. The first-order chi connectivity index (χ1) is 17.2. The number of hydrogen-bond donors (Lipinski definition) is 0. The first-order valence-corrected chi connectivity index (χ1v) is 13.7. The molecular weight excluding hydrogens is 492 g/mol. The fourth-order valence-corrected chi connectivity index (χ4v) is 6.54. The van der Waals surface area contributed by atoms with Gasteiger partial charge in [0.1, 0.15) is 5.75 Å². The average Bonchev–Trinajstić information content (AvgIpc) is 2.81. The van der Waals surface area contributed by atoms with Gasteiger partial charge in [-0.05, 0) is 66.3 Å². The molecular formula is C30H25ClO4S. The lowest BCUT2D eigenvalue weighted by molar-refractivity contribution is -0.131. The first kappa shape index (κ1) is 24.3. The topological polar surface area (TPSA) is 60.4 Å². The monoisotopic (exact) mass is 516 g/mol. The highest BCUT2D eigenvalue weighted by molar-refractivity contribution is 7.91. The minimum absolute atomic E-state index is 0.124. The molecule has 0 N–H and O–H groups in total. The van der Waals surface area contributed by atoms with Gasteiger partial charge in [0.15, 0.2) is 9.84 Å². The van der Waals surface area contributed by atoms with Crippen LogP contribution in [0.25, 0.3) is 16.3 Å². The zero-order chi connectivity index (χ0) is 25.6. The van der Waals surface area contributed by atoms with Crippen molar-refractivity contribution in [3.63, 3.8) is 0 Å². The molecule has 182 valence electrons. The molecule has 0 radical (unpaired) electrons. The molecule has 0 spiro atoms. The highest BCUT2D eigenvalue weighted by atomic mass is 35.5. The molecule has 0 saturated heterocycles. The normalized spacial score (nSPS) is 16.3. The number of ether oxygens (including phenoxy) is 1. The van der Waals surface area contributed by atoms with Gasteiger partial charge in [0, 0.05) is 28.8 Å². The molecule has 4 aromatic rings. The molecule has 0 heterocycles. The van der Waals surface area contributed by atoms with E-state index in [-0.39, 0.29) is 16.6 Å². The summed E-state index contributed by atoms with van der Waals surface area (Å²) < 4.78 is 32.3. The van der Waals surface area contributed by atoms with Crippen LogP contribution in [0.2, 0.25) is 5.02 Å². The second-order valence-corrected chi connectivity index (χ2v) is 11.7. The SMILES string of the molecule is CC(=O)Oc1c2c(cc3ccccc13)/C(=C(\C)CS(=O)(=O)c1ccc(Cl)cc1)C2c1ccc(C)cc1. The van der Waals surface area contributed by atoms with Gasteiger partial charge in [-0.3, -0.25) is 4.79 Å². The molecule has 4 aromatic carbocycles. The van der Waals surface area contributed by atoms with Crippen LogP contribution < -0.4 is 4.74 Å². The molecule has 0 aromatic heterocycles. The van der Waals surface area contributed by atoms with E-state index in [1.54, 1.807) is 12.1 Å². The molecule has 4 nitrogen and oxygen atoms in total. The van der Waals surface area contributed by atoms with Crippen molar-refractivity contribution in [2.45, 2.75) is 31.6 Å². The molecule has 0 amide bonds. The molecule has 0 aliphatic heterocycles. The molecule has 0 fully saturated rings. The van der Waals surface area contributed by atoms with Crippen LogP contribution in [-0.4, -0.2) is 20.1 Å². The molecule has 36 heavy (non-hydrogen) atoms. The minimum atomic E-state index is -3.59. The van der Waals surface area contributed by atoms with E-state index in [2.05, 4.69) is 18.2 Å². The molecule has 1 unspecified atom stereocenters. The Labute approximate surface area is 216 Å². The summed E-state index contributed by atoms with van der Waals surface area (Å²) in [5.74, 6) is -0.185. The second kappa shape index (κ2) is 9.23. The maximum Gasteiger partial charge on any atom is 0.308 e. The minimum Gasteiger partial charge on any atom is -0.426 e. The maximum atomic E-state index is 13.3. The van der Waals surface area contributed by atoms with Crippen molar-refractivity contribution < 1.29 is 17.9 Å². The van der Waals surface area contributed by atoms with Gasteiger partial charge in [0.2, 0.25) is 0 Å². The van der Waals surface area contributed by atoms with Crippen LogP contribution in [0.3, 0.4) is 0 Å². The summed E-state index contributed by atoms with van der Waals surface area (Å²) >= 11 is 5.96. The van der Waals surface area contributed by atoms with Gasteiger partial charge in [0.05, 0.1) is 10.6 Å². The third kappa shape index (κ3) is 4.34. The summed E-state index contributed by atoms with van der Waals surface area (Å²) in [6.45, 7) is 5.29. The highest BCUT2D eigenvalue weighted by Crippen LogP contribution is 2.57. The summed E-state index contributed by atoms with van der Waals surface area (Å²) in [4.78, 5) is 12.3. The van der Waals surface area contributed by atoms with Gasteiger partial charge in [-0.2, -0.15) is 0 Å². The number of allylic oxidation sites excluding steroid dienone is 1. The van der Waals surface area contributed by atoms with Crippen LogP contribution in [0.1, 0.15) is 42.0 Å². The number of esters is 1. The fraction of sp³-hybridized carbons (Fsp3) is 0.167. The summed E-state index contributed by atoms with van der Waals surface area (Å²) in [7, 11) is -3.59. The van der Waals surface area contributed by atoms with Crippen molar-refractivity contribution in [2.24, 2.45) is 0 Å². The maximum absolute atomic E-state index is 13.3. The molecule has 6 heteroatoms. The van der Waals surface area contributed by atoms with Crippen LogP contribution in [0.4, 0.5) is 0 Å². The number of benzene rings is 4. The molecule has 1 aliphatic rings. The lowest BCUT2D eigenvalue weighted by atomic mass is 9.66. The van der Waals surface area contributed by atoms with Gasteiger partial charge < -0.3 is 4.74 Å². The molecule has 0 saturated carbocycles. The predicted molar refractivity (Wildman–Crippen MR) is 144 cm³/mol. The van der Waals surface area contributed by atoms with Gasteiger partial charge in [0.25, 0.3) is 0 Å². The zero-order valence-corrected chi connectivity index (χ0v) is 21.8. The lowest BCUT2D eigenvalue weighted by Crippen LogP contribution is -2.23. The van der Waals surface area contributed by atoms with E-state index in [0.29, 0.717) is 10.8 Å². The Morgan fingerprint density at radius 3 is 2.28 bits per heavy atom. The van der Waals surface area contributed by atoms with Crippen molar-refractivity contribution in [3.05, 3.63) is 112 Å². The van der Waals surface area contributed by atoms with Crippen LogP contribution in [0.15, 0.2) is 89.3 Å². The average molecular weight is 517 g/mol. The number of sulfone groups is 1. The summed E-state index contributed by atoms with van der Waals surface area (Å²) in [6, 6.07) is 24.3. The number of fused-ring (bicyclic) bond motifs is 2. The Kier molecular flexibility index (Phi) is 6.23. The fourth-order valence-electron chi connectivity index (χ4n) is 4.97. The standard InChI is InChI=1S/C30H25ClO4S/c1-18-8-10-21(11-9-18)28-27(19(2)17-36(33,34)24-14-12-23(31)13-15-24)26-16-22-6-4-5-7-25(22)30(29(26)28)35-20(3)32/h4-16,28H,17H2,1-3H3/b27-19-. The smallest absolute Gasteiger partial charge is 0.308 e. The molecule has 1 aliphatic carbocycles. The third-order valence-electron chi connectivity index (χ3n) is 6.60. The van der Waals surface area contributed by atoms with Crippen LogP contribution >= 0.6 is 11.6 Å². The summed E-state index contributed by atoms with van der Waals surface area (Å²) in [5, 5.41) is 2.27. The Balaban J connectivity index is 1.72. The summed E-state index contributed by atoms with van der Waals surface area (Å²) in [6.07, 6.45) is 0. The number of carbonyl (C=O) groups is 1. The van der Waals surface area contributed by atoms with E-state index < -0.39 is 15.8 Å². The number of hydrogen-bond acceptors (Lipinski definition) is 4. The van der Waals surface area contributed by atoms with Gasteiger partial charge >= 0.3 is 5.97 Å². The Morgan fingerprint density at radius 1 is 0.944 bits per heavy atom. The van der Waals surface area contributed by atoms with E-state index in [4.69, 9.17) is 16.3 Å². The third-order valence-corrected chi connectivity index (χ3v) is 8.66.